The van der Waals surface area contributed by atoms with Crippen LogP contribution < -0.4 is 11.4 Å². The van der Waals surface area contributed by atoms with Crippen molar-refractivity contribution in [1.29, 1.82) is 0 Å². The van der Waals surface area contributed by atoms with Crippen LogP contribution in [-0.4, -0.2) is 159 Å². The summed E-state index contributed by atoms with van der Waals surface area (Å²) in [6.07, 6.45) is 18.0. The van der Waals surface area contributed by atoms with Crippen LogP contribution in [0.1, 0.15) is 91.0 Å². The zero-order valence-electron chi connectivity index (χ0n) is 49.4. The molecule has 16 rings (SSSR count). The molecule has 444 valence electrons. The van der Waals surface area contributed by atoms with Crippen LogP contribution in [0.25, 0.3) is 11.4 Å². The summed E-state index contributed by atoms with van der Waals surface area (Å²) in [5.74, 6) is 0.852. The third kappa shape index (κ3) is 14.0. The largest absolute Gasteiger partial charge is 0.351 e. The van der Waals surface area contributed by atoms with Gasteiger partial charge in [-0.15, -0.1) is 10.2 Å². The van der Waals surface area contributed by atoms with Gasteiger partial charge in [-0.2, -0.15) is 0 Å². The lowest BCUT2D eigenvalue weighted by atomic mass is 10.1. The maximum absolute atomic E-state index is 11.3. The highest BCUT2D eigenvalue weighted by molar-refractivity contribution is 5.99. The first-order valence-electron chi connectivity index (χ1n) is 27.4. The van der Waals surface area contributed by atoms with Crippen LogP contribution in [-0.2, 0) is 59.9 Å². The number of carbonyl (C=O) groups is 5. The molecule has 0 unspecified atom stereocenters. The maximum atomic E-state index is 11.3. The van der Waals surface area contributed by atoms with E-state index in [0.29, 0.717) is 36.8 Å². The quantitative estimate of drug-likeness (QED) is 0.203. The van der Waals surface area contributed by atoms with E-state index in [9.17, 15) is 33.6 Å². The molecule has 0 bridgehead atoms. The smallest absolute Gasteiger partial charge is 0.337 e. The number of nitrogens with zero attached hydrogens (tertiary/aromatic N) is 18. The Morgan fingerprint density at radius 3 is 1.48 bits per heavy atom. The molecule has 8 aromatic heterocycles. The summed E-state index contributed by atoms with van der Waals surface area (Å²) < 4.78 is 5.35. The first-order chi connectivity index (χ1) is 41.9. The van der Waals surface area contributed by atoms with Gasteiger partial charge < -0.3 is 24.5 Å². The second kappa shape index (κ2) is 27.2. The summed E-state index contributed by atoms with van der Waals surface area (Å²) >= 11 is 0. The van der Waals surface area contributed by atoms with Crippen molar-refractivity contribution in [3.63, 3.8) is 0 Å². The van der Waals surface area contributed by atoms with Crippen molar-refractivity contribution in [2.45, 2.75) is 45.8 Å². The molecule has 0 atom stereocenters. The molecule has 5 amide bonds. The molecule has 0 saturated heterocycles. The minimum absolute atomic E-state index is 0.0283. The highest BCUT2D eigenvalue weighted by Gasteiger charge is 2.27. The third-order valence-electron chi connectivity index (χ3n) is 14.4. The van der Waals surface area contributed by atoms with Gasteiger partial charge in [0.05, 0.1) is 29.6 Å². The van der Waals surface area contributed by atoms with Gasteiger partial charge in [0.25, 0.3) is 35.3 Å². The Kier molecular flexibility index (Phi) is 18.9. The van der Waals surface area contributed by atoms with E-state index in [-0.39, 0.29) is 40.9 Å². The number of aromatic nitrogens is 12. The molecule has 0 N–H and O–H groups in total. The first-order valence-corrected chi connectivity index (χ1v) is 27.4. The van der Waals surface area contributed by atoms with E-state index >= 15 is 0 Å². The fraction of sp³-hybridized carbons (Fsp3) is 0.242. The van der Waals surface area contributed by atoms with Gasteiger partial charge >= 0.3 is 11.4 Å². The maximum Gasteiger partial charge on any atom is 0.351 e. The molecule has 0 fully saturated rings. The number of pyridine rings is 4. The monoisotopic (exact) mass is 1170 g/mol. The average Bonchev–Trinajstić information content (AvgIpc) is 3.88. The predicted molar refractivity (Wildman–Crippen MR) is 320 cm³/mol. The number of aryl methyl sites for hydroxylation is 2. The Balaban J connectivity index is 0.000000119. The van der Waals surface area contributed by atoms with Crippen LogP contribution in [0, 0.1) is 0 Å². The van der Waals surface area contributed by atoms with Crippen molar-refractivity contribution < 1.29 is 24.0 Å². The molecule has 87 heavy (non-hydrogen) atoms. The molecule has 0 saturated carbocycles. The SMILES string of the molecule is CN1Cc2ccccc2C1.CN1Cc2ccccc2C1=O.CN1Cc2cccnc2C1=O.CN1Cc2ccncc2C1=O.CN1Cc2cnccc2C1=O.CN1Cc2ncccc2C1=O.Cn1nc2cnccn2c1=O.Cn1nc2ncccn2c1=O. The van der Waals surface area contributed by atoms with E-state index in [2.05, 4.69) is 76.3 Å². The Morgan fingerprint density at radius 1 is 0.345 bits per heavy atom. The van der Waals surface area contributed by atoms with Crippen LogP contribution in [0.4, 0.5) is 0 Å². The summed E-state index contributed by atoms with van der Waals surface area (Å²) in [4.78, 5) is 113. The summed E-state index contributed by atoms with van der Waals surface area (Å²) in [6, 6.07) is 29.1. The second-order valence-electron chi connectivity index (χ2n) is 20.9. The topological polar surface area (TPSA) is 261 Å². The highest BCUT2D eigenvalue weighted by Crippen LogP contribution is 2.23. The van der Waals surface area contributed by atoms with E-state index in [1.165, 1.54) is 29.3 Å². The van der Waals surface area contributed by atoms with Crippen molar-refractivity contribution in [2.75, 3.05) is 42.3 Å². The van der Waals surface area contributed by atoms with E-state index < -0.39 is 0 Å². The number of rotatable bonds is 0. The van der Waals surface area contributed by atoms with Gasteiger partial charge in [-0.25, -0.2) is 32.7 Å². The number of carbonyl (C=O) groups excluding carboxylic acids is 5. The summed E-state index contributed by atoms with van der Waals surface area (Å²) in [5.41, 5.74) is 12.1. The van der Waals surface area contributed by atoms with Crippen molar-refractivity contribution in [2.24, 2.45) is 14.1 Å². The van der Waals surface area contributed by atoms with Gasteiger partial charge in [0.2, 0.25) is 0 Å². The van der Waals surface area contributed by atoms with Crippen LogP contribution >= 0.6 is 0 Å². The molecule has 0 aliphatic carbocycles. The highest BCUT2D eigenvalue weighted by atomic mass is 16.2. The molecular weight excluding hydrogens is 1110 g/mol. The molecule has 25 nitrogen and oxygen atoms in total. The zero-order chi connectivity index (χ0) is 61.9. The van der Waals surface area contributed by atoms with Gasteiger partial charge in [0, 0.05) is 173 Å². The molecule has 6 aliphatic heterocycles. The van der Waals surface area contributed by atoms with Gasteiger partial charge in [-0.05, 0) is 71.8 Å². The van der Waals surface area contributed by atoms with E-state index in [0.717, 1.165) is 76.4 Å². The minimum atomic E-state index is -0.173. The zero-order valence-corrected chi connectivity index (χ0v) is 49.4. The van der Waals surface area contributed by atoms with E-state index in [4.69, 9.17) is 0 Å². The Hall–Kier alpha value is -11.0. The van der Waals surface area contributed by atoms with E-state index in [1.807, 2.05) is 55.6 Å². The van der Waals surface area contributed by atoms with E-state index in [1.54, 1.807) is 153 Å². The Morgan fingerprint density at radius 2 is 0.839 bits per heavy atom. The molecule has 0 spiro atoms. The molecular formula is C62H64N18O7. The molecule has 10 aromatic rings. The van der Waals surface area contributed by atoms with Gasteiger partial charge in [-0.3, -0.25) is 53.8 Å². The van der Waals surface area contributed by atoms with Crippen LogP contribution in [0.5, 0.6) is 0 Å². The van der Waals surface area contributed by atoms with Crippen molar-refractivity contribution in [1.82, 2.24) is 87.7 Å². The number of benzene rings is 2. The predicted octanol–water partition coefficient (Wildman–Crippen LogP) is 4.43. The summed E-state index contributed by atoms with van der Waals surface area (Å²) in [5, 5.41) is 7.79. The van der Waals surface area contributed by atoms with Crippen LogP contribution in [0.2, 0.25) is 0 Å². The van der Waals surface area contributed by atoms with Crippen LogP contribution in [0.15, 0.2) is 169 Å². The fourth-order valence-electron chi connectivity index (χ4n) is 9.87. The third-order valence-corrected chi connectivity index (χ3v) is 14.4. The van der Waals surface area contributed by atoms with Crippen LogP contribution in [0.3, 0.4) is 0 Å². The van der Waals surface area contributed by atoms with Crippen molar-refractivity contribution in [3.8, 4) is 0 Å². The molecule has 14 heterocycles. The lowest BCUT2D eigenvalue weighted by Gasteiger charge is -2.04. The number of fused-ring (bicyclic) bond motifs is 8. The summed E-state index contributed by atoms with van der Waals surface area (Å²) in [6.45, 7) is 5.76. The Labute approximate surface area is 500 Å². The Bertz CT molecular complexity index is 3810. The van der Waals surface area contributed by atoms with Crippen molar-refractivity contribution in [3.05, 3.63) is 247 Å². The minimum Gasteiger partial charge on any atom is -0.337 e. The normalized spacial score (nSPS) is 14.4. The lowest BCUT2D eigenvalue weighted by molar-refractivity contribution is 0.0806. The van der Waals surface area contributed by atoms with Gasteiger partial charge in [0.1, 0.15) is 5.69 Å². The second-order valence-corrected chi connectivity index (χ2v) is 20.9. The number of amides is 5. The number of hydrogen-bond donors (Lipinski definition) is 0. The number of hydrogen-bond acceptors (Lipinski definition) is 16. The van der Waals surface area contributed by atoms with Gasteiger partial charge in [-0.1, -0.05) is 48.5 Å². The van der Waals surface area contributed by atoms with Crippen molar-refractivity contribution >= 4 is 41.0 Å². The lowest BCUT2D eigenvalue weighted by Crippen LogP contribution is -2.17. The molecule has 2 aromatic carbocycles. The molecule has 0 radical (unpaired) electrons. The molecule has 25 heteroatoms. The molecule has 6 aliphatic rings. The fourth-order valence-corrected chi connectivity index (χ4v) is 9.87. The average molecular weight is 1170 g/mol. The van der Waals surface area contributed by atoms with Gasteiger partial charge in [0.15, 0.2) is 5.65 Å². The first kappa shape index (κ1) is 60.6. The standard InChI is InChI=1S/C9H9NO.C9H11N.4C8H8N2O.2C6H6N4O/c1-10-6-7-4-2-3-5-8(7)9(10)11;1-10-6-8-4-2-3-5-9(8)7-10;1-10-5-6-4-9-3-2-7(6)8(10)11;1-10-5-6-2-3-9-4-7(6)8(10)11;1-10-5-7-6(8(10)11)3-2-4-9-7;1-10-5-6-3-2-4-9-7(6)8(10)11;1-9-6(11)10-3-2-7-4-5(10)8-9;1-9-6(11)10-4-2-3-7-5(10)8-9/h2-5H,6H2,1H3;2-5H,6-7H2,1H3;4*2-4H,5H2,1H3;2*2-4H,1H3. The summed E-state index contributed by atoms with van der Waals surface area (Å²) in [7, 11) is 14.3.